The molecule has 2 aromatic carbocycles. The summed E-state index contributed by atoms with van der Waals surface area (Å²) in [5.74, 6) is 0.869. The van der Waals surface area contributed by atoms with Crippen molar-refractivity contribution in [2.45, 2.75) is 11.3 Å². The number of benzene rings is 2. The summed E-state index contributed by atoms with van der Waals surface area (Å²) in [6, 6.07) is 11.1. The van der Waals surface area contributed by atoms with E-state index in [-0.39, 0.29) is 24.2 Å². The molecule has 28 heavy (non-hydrogen) atoms. The average molecular weight is 406 g/mol. The maximum atomic E-state index is 12.8. The van der Waals surface area contributed by atoms with E-state index in [0.29, 0.717) is 23.6 Å². The van der Waals surface area contributed by atoms with Crippen molar-refractivity contribution in [2.75, 3.05) is 33.1 Å². The zero-order chi connectivity index (χ0) is 20.4. The first-order valence-electron chi connectivity index (χ1n) is 8.68. The summed E-state index contributed by atoms with van der Waals surface area (Å²) in [6.07, 6.45) is 0.761. The average Bonchev–Trinajstić information content (AvgIpc) is 2.72. The molecule has 6 nitrogen and oxygen atoms in total. The van der Waals surface area contributed by atoms with Crippen LogP contribution in [0.5, 0.6) is 11.5 Å². The Balaban J connectivity index is 1.66. The minimum Gasteiger partial charge on any atom is -0.493 e. The van der Waals surface area contributed by atoms with Gasteiger partial charge in [0.15, 0.2) is 11.5 Å². The zero-order valence-corrected chi connectivity index (χ0v) is 16.6. The fourth-order valence-electron chi connectivity index (χ4n) is 2.32. The monoisotopic (exact) mass is 406 g/mol. The van der Waals surface area contributed by atoms with Crippen molar-refractivity contribution in [2.24, 2.45) is 0 Å². The van der Waals surface area contributed by atoms with Crippen molar-refractivity contribution in [1.82, 2.24) is 10.6 Å². The van der Waals surface area contributed by atoms with Crippen LogP contribution in [0.2, 0.25) is 0 Å². The lowest BCUT2D eigenvalue weighted by molar-refractivity contribution is -0.120. The van der Waals surface area contributed by atoms with Gasteiger partial charge in [-0.1, -0.05) is 0 Å². The van der Waals surface area contributed by atoms with Crippen LogP contribution in [-0.2, 0) is 4.79 Å². The van der Waals surface area contributed by atoms with Gasteiger partial charge in [0.2, 0.25) is 5.91 Å². The molecular weight excluding hydrogens is 383 g/mol. The molecule has 2 rings (SSSR count). The summed E-state index contributed by atoms with van der Waals surface area (Å²) in [4.78, 5) is 25.0. The first-order valence-corrected chi connectivity index (χ1v) is 9.67. The molecule has 0 bridgehead atoms. The van der Waals surface area contributed by atoms with Crippen LogP contribution in [0.4, 0.5) is 4.39 Å². The summed E-state index contributed by atoms with van der Waals surface area (Å²) in [5.41, 5.74) is 0.376. The van der Waals surface area contributed by atoms with Crippen LogP contribution in [0.15, 0.2) is 47.4 Å². The molecule has 0 aliphatic rings. The first-order chi connectivity index (χ1) is 13.5. The molecule has 0 aliphatic carbocycles. The first kappa shape index (κ1) is 21.6. The van der Waals surface area contributed by atoms with Gasteiger partial charge in [0.25, 0.3) is 5.91 Å². The Bertz CT molecular complexity index is 799. The Kier molecular flexibility index (Phi) is 8.61. The van der Waals surface area contributed by atoms with E-state index < -0.39 is 0 Å². The van der Waals surface area contributed by atoms with Crippen LogP contribution in [0.25, 0.3) is 0 Å². The van der Waals surface area contributed by atoms with Crippen LogP contribution < -0.4 is 20.1 Å². The maximum Gasteiger partial charge on any atom is 0.251 e. The number of rotatable bonds is 10. The predicted octanol–water partition coefficient (Wildman–Crippen LogP) is 2.87. The number of nitrogens with one attached hydrogen (secondary N) is 2. The fourth-order valence-corrected chi connectivity index (χ4v) is 3.18. The Morgan fingerprint density at radius 2 is 1.71 bits per heavy atom. The number of methoxy groups -OCH3 is 2. The van der Waals surface area contributed by atoms with E-state index in [4.69, 9.17) is 9.47 Å². The van der Waals surface area contributed by atoms with Crippen LogP contribution in [-0.4, -0.2) is 44.9 Å². The molecular formula is C20H23FN2O4S. The van der Waals surface area contributed by atoms with Crippen molar-refractivity contribution < 1.29 is 23.5 Å². The lowest BCUT2D eigenvalue weighted by Gasteiger charge is -2.10. The quantitative estimate of drug-likeness (QED) is 0.469. The third-order valence-electron chi connectivity index (χ3n) is 3.78. The Labute approximate surface area is 167 Å². The largest absolute Gasteiger partial charge is 0.493 e. The topological polar surface area (TPSA) is 76.7 Å². The molecule has 0 saturated heterocycles. The highest BCUT2D eigenvalue weighted by molar-refractivity contribution is 7.99. The number of thioether (sulfide) groups is 1. The highest BCUT2D eigenvalue weighted by Crippen LogP contribution is 2.27. The molecule has 0 aliphatic heterocycles. The number of ether oxygens (including phenoxy) is 2. The lowest BCUT2D eigenvalue weighted by Crippen LogP contribution is -2.37. The SMILES string of the molecule is COc1ccc(C(=O)NCC(=O)NCCCSc2ccc(F)cc2)cc1OC. The van der Waals surface area contributed by atoms with Crippen LogP contribution >= 0.6 is 11.8 Å². The number of carbonyl (C=O) groups is 2. The summed E-state index contributed by atoms with van der Waals surface area (Å²) in [6.45, 7) is 0.386. The van der Waals surface area contributed by atoms with E-state index in [2.05, 4.69) is 10.6 Å². The molecule has 0 heterocycles. The predicted molar refractivity (Wildman–Crippen MR) is 107 cm³/mol. The van der Waals surface area contributed by atoms with E-state index in [1.165, 1.54) is 26.4 Å². The molecule has 2 aromatic rings. The Morgan fingerprint density at radius 1 is 1.00 bits per heavy atom. The normalized spacial score (nSPS) is 10.2. The van der Waals surface area contributed by atoms with E-state index in [9.17, 15) is 14.0 Å². The van der Waals surface area contributed by atoms with Crippen molar-refractivity contribution >= 4 is 23.6 Å². The van der Waals surface area contributed by atoms with Gasteiger partial charge in [-0.2, -0.15) is 0 Å². The lowest BCUT2D eigenvalue weighted by atomic mass is 10.2. The number of amides is 2. The molecule has 0 saturated carbocycles. The van der Waals surface area contributed by atoms with Crippen molar-refractivity contribution in [3.63, 3.8) is 0 Å². The molecule has 0 aromatic heterocycles. The third kappa shape index (κ3) is 6.77. The van der Waals surface area contributed by atoms with Gasteiger partial charge in [0.05, 0.1) is 20.8 Å². The summed E-state index contributed by atoms with van der Waals surface area (Å²) < 4.78 is 23.1. The molecule has 0 radical (unpaired) electrons. The van der Waals surface area contributed by atoms with E-state index in [1.54, 1.807) is 42.1 Å². The molecule has 150 valence electrons. The number of hydrogen-bond acceptors (Lipinski definition) is 5. The second-order valence-electron chi connectivity index (χ2n) is 5.76. The second-order valence-corrected chi connectivity index (χ2v) is 6.93. The zero-order valence-electron chi connectivity index (χ0n) is 15.8. The highest BCUT2D eigenvalue weighted by atomic mass is 32.2. The van der Waals surface area contributed by atoms with E-state index in [0.717, 1.165) is 17.1 Å². The highest BCUT2D eigenvalue weighted by Gasteiger charge is 2.11. The molecule has 2 amide bonds. The van der Waals surface area contributed by atoms with Gasteiger partial charge < -0.3 is 20.1 Å². The van der Waals surface area contributed by atoms with Crippen molar-refractivity contribution in [3.8, 4) is 11.5 Å². The van der Waals surface area contributed by atoms with Gasteiger partial charge in [-0.15, -0.1) is 11.8 Å². The Morgan fingerprint density at radius 3 is 2.39 bits per heavy atom. The molecule has 0 spiro atoms. The van der Waals surface area contributed by atoms with Gasteiger partial charge in [0, 0.05) is 17.0 Å². The molecule has 8 heteroatoms. The molecule has 2 N–H and O–H groups in total. The summed E-state index contributed by atoms with van der Waals surface area (Å²) in [5, 5.41) is 5.33. The third-order valence-corrected chi connectivity index (χ3v) is 4.88. The minimum absolute atomic E-state index is 0.113. The Hall–Kier alpha value is -2.74. The fraction of sp³-hybridized carbons (Fsp3) is 0.300. The summed E-state index contributed by atoms with van der Waals surface area (Å²) in [7, 11) is 3.00. The second kappa shape index (κ2) is 11.2. The van der Waals surface area contributed by atoms with E-state index >= 15 is 0 Å². The number of halogens is 1. The van der Waals surface area contributed by atoms with Gasteiger partial charge in [-0.3, -0.25) is 9.59 Å². The standard InChI is InChI=1S/C20H23FN2O4S/c1-26-17-9-4-14(12-18(17)27-2)20(25)23-13-19(24)22-10-3-11-28-16-7-5-15(21)6-8-16/h4-9,12H,3,10-11,13H2,1-2H3,(H,22,24)(H,23,25). The van der Waals surface area contributed by atoms with Crippen molar-refractivity contribution in [3.05, 3.63) is 53.8 Å². The van der Waals surface area contributed by atoms with Crippen LogP contribution in [0, 0.1) is 5.82 Å². The van der Waals surface area contributed by atoms with Gasteiger partial charge in [0.1, 0.15) is 5.82 Å². The maximum absolute atomic E-state index is 12.8. The van der Waals surface area contributed by atoms with Gasteiger partial charge in [-0.05, 0) is 54.6 Å². The molecule has 0 unspecified atom stereocenters. The smallest absolute Gasteiger partial charge is 0.251 e. The molecule has 0 atom stereocenters. The molecule has 0 fully saturated rings. The van der Waals surface area contributed by atoms with Gasteiger partial charge in [-0.25, -0.2) is 4.39 Å². The number of carbonyl (C=O) groups excluding carboxylic acids is 2. The minimum atomic E-state index is -0.372. The van der Waals surface area contributed by atoms with Crippen molar-refractivity contribution in [1.29, 1.82) is 0 Å². The number of hydrogen-bond donors (Lipinski definition) is 2. The summed E-state index contributed by atoms with van der Waals surface area (Å²) >= 11 is 1.59. The van der Waals surface area contributed by atoms with Crippen LogP contribution in [0.3, 0.4) is 0 Å². The van der Waals surface area contributed by atoms with Gasteiger partial charge >= 0.3 is 0 Å². The van der Waals surface area contributed by atoms with Crippen LogP contribution in [0.1, 0.15) is 16.8 Å². The van der Waals surface area contributed by atoms with E-state index in [1.807, 2.05) is 0 Å².